The predicted molar refractivity (Wildman–Crippen MR) is 81.7 cm³/mol. The molecule has 1 aliphatic carbocycles. The number of halogens is 1. The highest BCUT2D eigenvalue weighted by molar-refractivity contribution is 9.10. The van der Waals surface area contributed by atoms with Crippen LogP contribution in [-0.2, 0) is 6.42 Å². The summed E-state index contributed by atoms with van der Waals surface area (Å²) in [5.74, 6) is -0.314. The number of carbonyl (C=O) groups excluding carboxylic acids is 1. The Balaban J connectivity index is 1.89. The number of ketones is 1. The third-order valence-electron chi connectivity index (χ3n) is 3.95. The van der Waals surface area contributed by atoms with E-state index >= 15 is 0 Å². The van der Waals surface area contributed by atoms with Gasteiger partial charge in [-0.2, -0.15) is 0 Å². The molecule has 0 amide bonds. The van der Waals surface area contributed by atoms with Crippen molar-refractivity contribution in [2.24, 2.45) is 5.92 Å². The Bertz CT molecular complexity index is 634. The summed E-state index contributed by atoms with van der Waals surface area (Å²) in [5, 5.41) is 10.5. The highest BCUT2D eigenvalue weighted by Crippen LogP contribution is 2.36. The third-order valence-corrected chi connectivity index (χ3v) is 4.47. The molecular formula is C17H15BrO2. The number of aliphatic hydroxyl groups is 1. The van der Waals surface area contributed by atoms with Gasteiger partial charge in [-0.25, -0.2) is 0 Å². The molecule has 102 valence electrons. The quantitative estimate of drug-likeness (QED) is 0.847. The first-order valence-corrected chi connectivity index (χ1v) is 7.52. The normalized spacial score (nSPS) is 21.3. The van der Waals surface area contributed by atoms with E-state index in [1.165, 1.54) is 0 Å². The molecule has 0 bridgehead atoms. The van der Waals surface area contributed by atoms with Crippen LogP contribution in [0.4, 0.5) is 0 Å². The Morgan fingerprint density at radius 2 is 1.80 bits per heavy atom. The Morgan fingerprint density at radius 1 is 1.10 bits per heavy atom. The van der Waals surface area contributed by atoms with Gasteiger partial charge in [-0.1, -0.05) is 52.3 Å². The van der Waals surface area contributed by atoms with Gasteiger partial charge in [0.2, 0.25) is 0 Å². The molecule has 1 N–H and O–H groups in total. The summed E-state index contributed by atoms with van der Waals surface area (Å²) < 4.78 is 0.948. The molecule has 0 saturated carbocycles. The molecule has 0 saturated heterocycles. The zero-order chi connectivity index (χ0) is 14.1. The Hall–Kier alpha value is -1.45. The summed E-state index contributed by atoms with van der Waals surface area (Å²) in [5.41, 5.74) is 2.71. The van der Waals surface area contributed by atoms with E-state index in [2.05, 4.69) is 15.9 Å². The van der Waals surface area contributed by atoms with Crippen LogP contribution in [-0.4, -0.2) is 10.9 Å². The van der Waals surface area contributed by atoms with Crippen LogP contribution in [0, 0.1) is 5.92 Å². The Labute approximate surface area is 126 Å². The lowest BCUT2D eigenvalue weighted by molar-refractivity contribution is 0.0623. The molecule has 2 atom stereocenters. The van der Waals surface area contributed by atoms with Crippen molar-refractivity contribution in [2.45, 2.75) is 18.9 Å². The van der Waals surface area contributed by atoms with Crippen molar-refractivity contribution in [1.82, 2.24) is 0 Å². The lowest BCUT2D eigenvalue weighted by Crippen LogP contribution is -2.27. The molecular weight excluding hydrogens is 316 g/mol. The van der Waals surface area contributed by atoms with Crippen LogP contribution in [0.2, 0.25) is 0 Å². The number of aryl methyl sites for hydroxylation is 1. The van der Waals surface area contributed by atoms with Crippen molar-refractivity contribution in [1.29, 1.82) is 0 Å². The van der Waals surface area contributed by atoms with Crippen molar-refractivity contribution < 1.29 is 9.90 Å². The second-order valence-corrected chi connectivity index (χ2v) is 6.08. The number of Topliss-reactive ketones (excluding diaryl/α,β-unsaturated/α-hetero) is 1. The molecule has 0 fully saturated rings. The number of benzene rings is 2. The van der Waals surface area contributed by atoms with Crippen LogP contribution in [0.3, 0.4) is 0 Å². The molecule has 0 unspecified atom stereocenters. The number of rotatable bonds is 2. The van der Waals surface area contributed by atoms with E-state index in [-0.39, 0.29) is 11.7 Å². The summed E-state index contributed by atoms with van der Waals surface area (Å²) in [4.78, 5) is 12.6. The minimum Gasteiger partial charge on any atom is -0.388 e. The van der Waals surface area contributed by atoms with Crippen molar-refractivity contribution in [3.63, 3.8) is 0 Å². The largest absolute Gasteiger partial charge is 0.388 e. The minimum atomic E-state index is -0.698. The van der Waals surface area contributed by atoms with Crippen molar-refractivity contribution >= 4 is 21.7 Å². The molecule has 0 radical (unpaired) electrons. The van der Waals surface area contributed by atoms with E-state index in [9.17, 15) is 9.90 Å². The second kappa shape index (κ2) is 5.51. The minimum absolute atomic E-state index is 0.0273. The van der Waals surface area contributed by atoms with Gasteiger partial charge in [0.25, 0.3) is 0 Å². The molecule has 20 heavy (non-hydrogen) atoms. The van der Waals surface area contributed by atoms with Gasteiger partial charge in [0, 0.05) is 10.0 Å². The average Bonchev–Trinajstić information content (AvgIpc) is 2.48. The maximum atomic E-state index is 12.6. The average molecular weight is 331 g/mol. The fraction of sp³-hybridized carbons (Fsp3) is 0.235. The molecule has 0 aliphatic heterocycles. The molecule has 2 aromatic rings. The molecule has 1 aliphatic rings. The summed E-state index contributed by atoms with van der Waals surface area (Å²) >= 11 is 3.36. The molecule has 2 aromatic carbocycles. The van der Waals surface area contributed by atoms with E-state index in [0.717, 1.165) is 22.0 Å². The van der Waals surface area contributed by atoms with Gasteiger partial charge in [0.15, 0.2) is 5.78 Å². The highest BCUT2D eigenvalue weighted by Gasteiger charge is 2.33. The summed E-state index contributed by atoms with van der Waals surface area (Å²) in [6.07, 6.45) is 0.851. The zero-order valence-electron chi connectivity index (χ0n) is 10.9. The van der Waals surface area contributed by atoms with Gasteiger partial charge in [0.1, 0.15) is 0 Å². The van der Waals surface area contributed by atoms with Crippen LogP contribution < -0.4 is 0 Å². The van der Waals surface area contributed by atoms with Gasteiger partial charge in [0.05, 0.1) is 12.0 Å². The molecule has 3 heteroatoms. The molecule has 0 spiro atoms. The third kappa shape index (κ3) is 2.43. The van der Waals surface area contributed by atoms with Gasteiger partial charge < -0.3 is 5.11 Å². The van der Waals surface area contributed by atoms with Crippen LogP contribution in [0.1, 0.15) is 34.0 Å². The SMILES string of the molecule is O=C(c1ccc(Br)cc1)[C@H]1CCc2ccccc2[C@H]1O. The maximum absolute atomic E-state index is 12.6. The van der Waals surface area contributed by atoms with Crippen molar-refractivity contribution in [3.05, 3.63) is 69.7 Å². The number of aliphatic hydroxyl groups excluding tert-OH is 1. The van der Waals surface area contributed by atoms with Crippen LogP contribution in [0.5, 0.6) is 0 Å². The lowest BCUT2D eigenvalue weighted by Gasteiger charge is -2.29. The highest BCUT2D eigenvalue weighted by atomic mass is 79.9. The molecule has 2 nitrogen and oxygen atoms in total. The van der Waals surface area contributed by atoms with Crippen LogP contribution in [0.25, 0.3) is 0 Å². The lowest BCUT2D eigenvalue weighted by atomic mass is 9.78. The van der Waals surface area contributed by atoms with Crippen LogP contribution in [0.15, 0.2) is 53.0 Å². The second-order valence-electron chi connectivity index (χ2n) is 5.16. The molecule has 3 rings (SSSR count). The monoisotopic (exact) mass is 330 g/mol. The smallest absolute Gasteiger partial charge is 0.168 e. The van der Waals surface area contributed by atoms with Gasteiger partial charge >= 0.3 is 0 Å². The fourth-order valence-corrected chi connectivity index (χ4v) is 3.10. The summed E-state index contributed by atoms with van der Waals surface area (Å²) in [6, 6.07) is 15.2. The topological polar surface area (TPSA) is 37.3 Å². The predicted octanol–water partition coefficient (Wildman–Crippen LogP) is 3.93. The van der Waals surface area contributed by atoms with Crippen molar-refractivity contribution in [2.75, 3.05) is 0 Å². The first-order valence-electron chi connectivity index (χ1n) is 6.72. The van der Waals surface area contributed by atoms with E-state index < -0.39 is 6.10 Å². The first-order chi connectivity index (χ1) is 9.66. The summed E-state index contributed by atoms with van der Waals surface area (Å²) in [6.45, 7) is 0. The van der Waals surface area contributed by atoms with E-state index in [1.807, 2.05) is 36.4 Å². The van der Waals surface area contributed by atoms with Gasteiger partial charge in [-0.3, -0.25) is 4.79 Å². The Morgan fingerprint density at radius 3 is 2.55 bits per heavy atom. The van der Waals surface area contributed by atoms with Crippen LogP contribution >= 0.6 is 15.9 Å². The van der Waals surface area contributed by atoms with E-state index in [4.69, 9.17) is 0 Å². The standard InChI is InChI=1S/C17H15BrO2/c18-13-8-5-12(6-9-13)16(19)15-10-7-11-3-1-2-4-14(11)17(15)20/h1-6,8-9,15,17,20H,7,10H2/t15-,17-/m1/s1. The maximum Gasteiger partial charge on any atom is 0.168 e. The molecule has 0 aromatic heterocycles. The van der Waals surface area contributed by atoms with Crippen molar-refractivity contribution in [3.8, 4) is 0 Å². The zero-order valence-corrected chi connectivity index (χ0v) is 12.5. The Kier molecular flexibility index (Phi) is 3.72. The number of carbonyl (C=O) groups is 1. The van der Waals surface area contributed by atoms with E-state index in [1.54, 1.807) is 12.1 Å². The first kappa shape index (κ1) is 13.5. The number of hydrogen-bond donors (Lipinski definition) is 1. The number of fused-ring (bicyclic) bond motifs is 1. The van der Waals surface area contributed by atoms with Gasteiger partial charge in [-0.05, 0) is 36.1 Å². The number of hydrogen-bond acceptors (Lipinski definition) is 2. The fourth-order valence-electron chi connectivity index (χ4n) is 2.84. The summed E-state index contributed by atoms with van der Waals surface area (Å²) in [7, 11) is 0. The molecule has 0 heterocycles. The van der Waals surface area contributed by atoms with Gasteiger partial charge in [-0.15, -0.1) is 0 Å². The van der Waals surface area contributed by atoms with E-state index in [0.29, 0.717) is 12.0 Å².